The molecule has 0 aromatic heterocycles. The lowest BCUT2D eigenvalue weighted by Gasteiger charge is -2.21. The van der Waals surface area contributed by atoms with Crippen LogP contribution in [0.4, 0.5) is 5.69 Å². The molecule has 0 radical (unpaired) electrons. The molecule has 1 aromatic carbocycles. The van der Waals surface area contributed by atoms with Crippen molar-refractivity contribution in [2.45, 2.75) is 19.4 Å². The van der Waals surface area contributed by atoms with Gasteiger partial charge in [0.15, 0.2) is 0 Å². The van der Waals surface area contributed by atoms with Gasteiger partial charge in [-0.2, -0.15) is 10.5 Å². The van der Waals surface area contributed by atoms with Crippen molar-refractivity contribution in [1.82, 2.24) is 0 Å². The highest BCUT2D eigenvalue weighted by molar-refractivity contribution is 5.93. The van der Waals surface area contributed by atoms with Crippen LogP contribution in [-0.2, 0) is 0 Å². The summed E-state index contributed by atoms with van der Waals surface area (Å²) < 4.78 is 0. The Balaban J connectivity index is 2.76. The minimum atomic E-state index is -0.371. The maximum Gasteiger partial charge on any atom is 0.135 e. The van der Waals surface area contributed by atoms with E-state index in [9.17, 15) is 0 Å². The van der Waals surface area contributed by atoms with E-state index in [0.717, 1.165) is 16.8 Å². The summed E-state index contributed by atoms with van der Waals surface area (Å²) in [5.41, 5.74) is 2.52. The van der Waals surface area contributed by atoms with Crippen molar-refractivity contribution in [3.8, 4) is 12.1 Å². The number of benzene rings is 1. The van der Waals surface area contributed by atoms with Gasteiger partial charge in [-0.15, -0.1) is 0 Å². The van der Waals surface area contributed by atoms with Crippen LogP contribution in [0.1, 0.15) is 19.4 Å². The van der Waals surface area contributed by atoms with E-state index in [2.05, 4.69) is 5.32 Å². The first-order chi connectivity index (χ1) is 7.60. The Kier molecular flexibility index (Phi) is 2.18. The molecular formula is C13H11N3. The van der Waals surface area contributed by atoms with Gasteiger partial charge in [-0.05, 0) is 19.9 Å². The average Bonchev–Trinajstić information content (AvgIpc) is 2.52. The smallest absolute Gasteiger partial charge is 0.135 e. The van der Waals surface area contributed by atoms with Crippen molar-refractivity contribution in [3.63, 3.8) is 0 Å². The van der Waals surface area contributed by atoms with Gasteiger partial charge in [0.2, 0.25) is 0 Å². The Bertz CT molecular complexity index is 537. The number of hydrogen-bond donors (Lipinski definition) is 1. The lowest BCUT2D eigenvalue weighted by molar-refractivity contribution is 0.753. The minimum absolute atomic E-state index is 0.183. The van der Waals surface area contributed by atoms with Crippen LogP contribution in [0.5, 0.6) is 0 Å². The fraction of sp³-hybridized carbons (Fsp3) is 0.231. The molecule has 0 spiro atoms. The molecule has 2 rings (SSSR count). The molecule has 1 aliphatic rings. The minimum Gasteiger partial charge on any atom is -0.375 e. The van der Waals surface area contributed by atoms with Crippen molar-refractivity contribution in [2.75, 3.05) is 5.32 Å². The van der Waals surface area contributed by atoms with E-state index in [1.165, 1.54) is 0 Å². The fourth-order valence-corrected chi connectivity index (χ4v) is 2.13. The molecule has 0 saturated carbocycles. The SMILES string of the molecule is CC1(C)Nc2ccccc2C1=C(C#N)C#N. The van der Waals surface area contributed by atoms with Gasteiger partial charge in [-0.3, -0.25) is 0 Å². The maximum absolute atomic E-state index is 8.99. The van der Waals surface area contributed by atoms with Crippen molar-refractivity contribution >= 4 is 11.3 Å². The van der Waals surface area contributed by atoms with E-state index in [-0.39, 0.29) is 11.1 Å². The first-order valence-electron chi connectivity index (χ1n) is 5.02. The molecule has 78 valence electrons. The summed E-state index contributed by atoms with van der Waals surface area (Å²) in [4.78, 5) is 0. The predicted octanol–water partition coefficient (Wildman–Crippen LogP) is 2.69. The molecular weight excluding hydrogens is 198 g/mol. The number of allylic oxidation sites excluding steroid dienone is 1. The number of nitriles is 2. The molecule has 0 saturated heterocycles. The normalized spacial score (nSPS) is 15.6. The number of nitrogens with zero attached hydrogens (tertiary/aromatic N) is 2. The quantitative estimate of drug-likeness (QED) is 0.668. The zero-order valence-corrected chi connectivity index (χ0v) is 9.20. The summed E-state index contributed by atoms with van der Waals surface area (Å²) >= 11 is 0. The summed E-state index contributed by atoms with van der Waals surface area (Å²) in [6, 6.07) is 11.7. The first kappa shape index (κ1) is 10.3. The van der Waals surface area contributed by atoms with Gasteiger partial charge in [0, 0.05) is 16.8 Å². The van der Waals surface area contributed by atoms with Crippen LogP contribution in [0, 0.1) is 22.7 Å². The third-order valence-corrected chi connectivity index (χ3v) is 2.74. The van der Waals surface area contributed by atoms with E-state index in [1.807, 2.05) is 50.3 Å². The van der Waals surface area contributed by atoms with Crippen LogP contribution in [0.15, 0.2) is 29.8 Å². The van der Waals surface area contributed by atoms with Gasteiger partial charge in [-0.25, -0.2) is 0 Å². The Morgan fingerprint density at radius 3 is 2.44 bits per heavy atom. The number of para-hydroxylation sites is 1. The summed E-state index contributed by atoms with van der Waals surface area (Å²) in [5.74, 6) is 0. The Hall–Kier alpha value is -2.26. The van der Waals surface area contributed by atoms with Crippen LogP contribution in [0.3, 0.4) is 0 Å². The zero-order chi connectivity index (χ0) is 11.8. The second kappa shape index (κ2) is 3.40. The summed E-state index contributed by atoms with van der Waals surface area (Å²) in [5, 5.41) is 21.3. The van der Waals surface area contributed by atoms with Gasteiger partial charge in [0.25, 0.3) is 0 Å². The molecule has 0 amide bonds. The van der Waals surface area contributed by atoms with Crippen LogP contribution in [0.2, 0.25) is 0 Å². The van der Waals surface area contributed by atoms with Gasteiger partial charge < -0.3 is 5.32 Å². The van der Waals surface area contributed by atoms with E-state index < -0.39 is 0 Å². The van der Waals surface area contributed by atoms with Crippen molar-refractivity contribution < 1.29 is 0 Å². The van der Waals surface area contributed by atoms with E-state index in [4.69, 9.17) is 10.5 Å². The van der Waals surface area contributed by atoms with E-state index in [1.54, 1.807) is 0 Å². The van der Waals surface area contributed by atoms with Gasteiger partial charge in [-0.1, -0.05) is 18.2 Å². The van der Waals surface area contributed by atoms with Gasteiger partial charge in [0.05, 0.1) is 5.54 Å². The lowest BCUT2D eigenvalue weighted by Crippen LogP contribution is -2.27. The highest BCUT2D eigenvalue weighted by Gasteiger charge is 2.35. The largest absolute Gasteiger partial charge is 0.375 e. The monoisotopic (exact) mass is 209 g/mol. The second-order valence-electron chi connectivity index (χ2n) is 4.27. The number of nitrogens with one attached hydrogen (secondary N) is 1. The first-order valence-corrected chi connectivity index (χ1v) is 5.02. The third-order valence-electron chi connectivity index (χ3n) is 2.74. The molecule has 0 aliphatic carbocycles. The Morgan fingerprint density at radius 2 is 1.81 bits per heavy atom. The topological polar surface area (TPSA) is 59.6 Å². The van der Waals surface area contributed by atoms with E-state index >= 15 is 0 Å². The molecule has 1 aromatic rings. The molecule has 0 bridgehead atoms. The van der Waals surface area contributed by atoms with Crippen molar-refractivity contribution in [1.29, 1.82) is 10.5 Å². The van der Waals surface area contributed by atoms with Crippen LogP contribution in [-0.4, -0.2) is 5.54 Å². The van der Waals surface area contributed by atoms with Crippen LogP contribution >= 0.6 is 0 Å². The molecule has 0 fully saturated rings. The summed E-state index contributed by atoms with van der Waals surface area (Å²) in [6.45, 7) is 3.94. The highest BCUT2D eigenvalue weighted by Crippen LogP contribution is 2.42. The van der Waals surface area contributed by atoms with Crippen molar-refractivity contribution in [2.24, 2.45) is 0 Å². The number of hydrogen-bond acceptors (Lipinski definition) is 3. The maximum atomic E-state index is 8.99. The molecule has 1 aliphatic heterocycles. The molecule has 1 heterocycles. The Labute approximate surface area is 94.6 Å². The van der Waals surface area contributed by atoms with Crippen molar-refractivity contribution in [3.05, 3.63) is 35.4 Å². The zero-order valence-electron chi connectivity index (χ0n) is 9.20. The molecule has 3 heteroatoms. The number of rotatable bonds is 0. The molecule has 16 heavy (non-hydrogen) atoms. The number of anilines is 1. The fourth-order valence-electron chi connectivity index (χ4n) is 2.13. The summed E-state index contributed by atoms with van der Waals surface area (Å²) in [6.07, 6.45) is 0. The average molecular weight is 209 g/mol. The summed E-state index contributed by atoms with van der Waals surface area (Å²) in [7, 11) is 0. The van der Waals surface area contributed by atoms with Gasteiger partial charge in [0.1, 0.15) is 17.7 Å². The highest BCUT2D eigenvalue weighted by atomic mass is 15.0. The van der Waals surface area contributed by atoms with Gasteiger partial charge >= 0.3 is 0 Å². The molecule has 0 unspecified atom stereocenters. The third kappa shape index (κ3) is 1.34. The predicted molar refractivity (Wildman–Crippen MR) is 62.3 cm³/mol. The molecule has 0 atom stereocenters. The van der Waals surface area contributed by atoms with Crippen LogP contribution < -0.4 is 5.32 Å². The number of fused-ring (bicyclic) bond motifs is 1. The molecule has 1 N–H and O–H groups in total. The van der Waals surface area contributed by atoms with Crippen LogP contribution in [0.25, 0.3) is 5.57 Å². The lowest BCUT2D eigenvalue weighted by atomic mass is 9.89. The Morgan fingerprint density at radius 1 is 1.19 bits per heavy atom. The second-order valence-corrected chi connectivity index (χ2v) is 4.27. The molecule has 3 nitrogen and oxygen atoms in total. The standard InChI is InChI=1S/C13H11N3/c1-13(2)12(9(7-14)8-15)10-5-3-4-6-11(10)16-13/h3-6,16H,1-2H3. The van der Waals surface area contributed by atoms with E-state index in [0.29, 0.717) is 0 Å².